The summed E-state index contributed by atoms with van der Waals surface area (Å²) in [5.41, 5.74) is 0.963. The van der Waals surface area contributed by atoms with Crippen LogP contribution in [0.1, 0.15) is 29.9 Å². The molecule has 10 heteroatoms. The first-order valence-corrected chi connectivity index (χ1v) is 9.75. The van der Waals surface area contributed by atoms with E-state index in [2.05, 4.69) is 5.10 Å². The minimum atomic E-state index is -3.46. The van der Waals surface area contributed by atoms with Crippen LogP contribution < -0.4 is 0 Å². The minimum Gasteiger partial charge on any atom is -0.336 e. The Labute approximate surface area is 148 Å². The van der Waals surface area contributed by atoms with Crippen molar-refractivity contribution in [2.75, 3.05) is 39.3 Å². The Hall–Kier alpha value is -1.16. The van der Waals surface area contributed by atoms with Gasteiger partial charge in [0.2, 0.25) is 0 Å². The van der Waals surface area contributed by atoms with Crippen LogP contribution >= 0.6 is 11.6 Å². The molecule has 0 spiro atoms. The van der Waals surface area contributed by atoms with Crippen molar-refractivity contribution in [3.05, 3.63) is 16.4 Å². The van der Waals surface area contributed by atoms with Gasteiger partial charge in [-0.25, -0.2) is 0 Å². The number of amides is 1. The van der Waals surface area contributed by atoms with Gasteiger partial charge in [-0.05, 0) is 6.92 Å². The predicted molar refractivity (Wildman–Crippen MR) is 92.3 cm³/mol. The average molecular weight is 378 g/mol. The molecule has 2 heterocycles. The van der Waals surface area contributed by atoms with Crippen LogP contribution in [0, 0.1) is 6.92 Å². The predicted octanol–water partition coefficient (Wildman–Crippen LogP) is 0.726. The zero-order valence-electron chi connectivity index (χ0n) is 14.5. The molecule has 1 fully saturated rings. The summed E-state index contributed by atoms with van der Waals surface area (Å²) in [4.78, 5) is 14.3. The highest BCUT2D eigenvalue weighted by atomic mass is 35.5. The van der Waals surface area contributed by atoms with E-state index in [1.165, 1.54) is 13.3 Å². The van der Waals surface area contributed by atoms with E-state index >= 15 is 0 Å². The van der Waals surface area contributed by atoms with Gasteiger partial charge in [-0.3, -0.25) is 9.48 Å². The number of rotatable bonds is 5. The Morgan fingerprint density at radius 3 is 2.17 bits per heavy atom. The summed E-state index contributed by atoms with van der Waals surface area (Å²) in [7, 11) is -1.78. The quantitative estimate of drug-likeness (QED) is 0.757. The number of carbonyl (C=O) groups is 1. The second-order valence-electron chi connectivity index (χ2n) is 5.66. The molecule has 136 valence electrons. The molecule has 1 saturated heterocycles. The molecule has 0 saturated carbocycles. The monoisotopic (exact) mass is 377 g/mol. The fraction of sp³-hybridized carbons (Fsp3) is 0.714. The third-order valence-corrected chi connectivity index (χ3v) is 6.87. The fourth-order valence-corrected chi connectivity index (χ4v) is 4.73. The van der Waals surface area contributed by atoms with Crippen LogP contribution in [0.3, 0.4) is 0 Å². The number of carbonyl (C=O) groups excluding carboxylic acids is 1. The molecule has 24 heavy (non-hydrogen) atoms. The summed E-state index contributed by atoms with van der Waals surface area (Å²) >= 11 is 6.15. The number of aromatic nitrogens is 2. The van der Waals surface area contributed by atoms with Gasteiger partial charge < -0.3 is 4.90 Å². The van der Waals surface area contributed by atoms with Gasteiger partial charge in [0.25, 0.3) is 16.1 Å². The lowest BCUT2D eigenvalue weighted by Gasteiger charge is -2.36. The first-order chi connectivity index (χ1) is 11.2. The lowest BCUT2D eigenvalue weighted by Crippen LogP contribution is -2.54. The van der Waals surface area contributed by atoms with Crippen molar-refractivity contribution in [1.29, 1.82) is 0 Å². The van der Waals surface area contributed by atoms with Gasteiger partial charge >= 0.3 is 0 Å². The standard InChI is InChI=1S/C14H24ClN5O3S/c1-5-19(6-2)24(22,23)20-9-7-18(8-10-20)14(21)12-11(3)16-17(4)13(12)15/h5-10H2,1-4H3. The van der Waals surface area contributed by atoms with Crippen molar-refractivity contribution in [2.45, 2.75) is 20.8 Å². The largest absolute Gasteiger partial charge is 0.336 e. The highest BCUT2D eigenvalue weighted by Crippen LogP contribution is 2.22. The molecule has 0 aliphatic carbocycles. The van der Waals surface area contributed by atoms with Crippen molar-refractivity contribution in [1.82, 2.24) is 23.3 Å². The van der Waals surface area contributed by atoms with E-state index in [0.29, 0.717) is 42.6 Å². The average Bonchev–Trinajstić information content (AvgIpc) is 2.80. The van der Waals surface area contributed by atoms with E-state index in [4.69, 9.17) is 11.6 Å². The van der Waals surface area contributed by atoms with Gasteiger partial charge in [0.05, 0.1) is 11.3 Å². The van der Waals surface area contributed by atoms with Crippen LogP contribution in [0.25, 0.3) is 0 Å². The summed E-state index contributed by atoms with van der Waals surface area (Å²) in [5.74, 6) is -0.203. The third kappa shape index (κ3) is 3.44. The topological polar surface area (TPSA) is 78.8 Å². The Morgan fingerprint density at radius 2 is 1.75 bits per heavy atom. The number of piperazine rings is 1. The second kappa shape index (κ2) is 7.38. The van der Waals surface area contributed by atoms with E-state index in [1.54, 1.807) is 18.9 Å². The summed E-state index contributed by atoms with van der Waals surface area (Å²) in [6, 6.07) is 0. The number of hydrogen-bond donors (Lipinski definition) is 0. The second-order valence-corrected chi connectivity index (χ2v) is 7.94. The van der Waals surface area contributed by atoms with Gasteiger partial charge in [0, 0.05) is 46.3 Å². The molecule has 0 bridgehead atoms. The maximum absolute atomic E-state index is 12.7. The molecule has 1 amide bonds. The lowest BCUT2D eigenvalue weighted by molar-refractivity contribution is 0.0693. The normalized spacial score (nSPS) is 16.8. The van der Waals surface area contributed by atoms with Crippen LogP contribution in [0.4, 0.5) is 0 Å². The minimum absolute atomic E-state index is 0.203. The van der Waals surface area contributed by atoms with Crippen molar-refractivity contribution < 1.29 is 13.2 Å². The zero-order chi connectivity index (χ0) is 18.1. The van der Waals surface area contributed by atoms with Crippen molar-refractivity contribution >= 4 is 27.7 Å². The Balaban J connectivity index is 2.09. The number of hydrogen-bond acceptors (Lipinski definition) is 4. The van der Waals surface area contributed by atoms with Crippen LogP contribution in [0.5, 0.6) is 0 Å². The Kier molecular flexibility index (Phi) is 5.90. The molecule has 8 nitrogen and oxygen atoms in total. The van der Waals surface area contributed by atoms with Crippen molar-refractivity contribution in [3.63, 3.8) is 0 Å². The first-order valence-electron chi connectivity index (χ1n) is 7.97. The number of nitrogens with zero attached hydrogens (tertiary/aromatic N) is 5. The zero-order valence-corrected chi connectivity index (χ0v) is 16.1. The molecule has 0 unspecified atom stereocenters. The lowest BCUT2D eigenvalue weighted by atomic mass is 10.2. The molecule has 0 N–H and O–H groups in total. The van der Waals surface area contributed by atoms with Gasteiger partial charge in [-0.1, -0.05) is 25.4 Å². The highest BCUT2D eigenvalue weighted by Gasteiger charge is 2.33. The maximum atomic E-state index is 12.7. The van der Waals surface area contributed by atoms with E-state index in [-0.39, 0.29) is 19.0 Å². The highest BCUT2D eigenvalue weighted by molar-refractivity contribution is 7.86. The van der Waals surface area contributed by atoms with Crippen molar-refractivity contribution in [2.24, 2.45) is 7.05 Å². The molecule has 1 aliphatic heterocycles. The van der Waals surface area contributed by atoms with Gasteiger partial charge in [-0.15, -0.1) is 0 Å². The van der Waals surface area contributed by atoms with Crippen LogP contribution in [-0.4, -0.2) is 76.9 Å². The van der Waals surface area contributed by atoms with E-state index in [9.17, 15) is 13.2 Å². The summed E-state index contributed by atoms with van der Waals surface area (Å²) in [6.07, 6.45) is 0. The molecule has 1 aliphatic rings. The molecule has 0 aromatic carbocycles. The van der Waals surface area contributed by atoms with Gasteiger partial charge in [0.1, 0.15) is 5.15 Å². The number of aryl methyl sites for hydroxylation is 2. The molecule has 0 atom stereocenters. The molecule has 1 aromatic rings. The van der Waals surface area contributed by atoms with Crippen LogP contribution in [-0.2, 0) is 17.3 Å². The third-order valence-electron chi connectivity index (χ3n) is 4.25. The molecule has 1 aromatic heterocycles. The summed E-state index contributed by atoms with van der Waals surface area (Å²) in [5, 5.41) is 4.45. The maximum Gasteiger partial charge on any atom is 0.282 e. The van der Waals surface area contributed by atoms with Crippen LogP contribution in [0.15, 0.2) is 0 Å². The van der Waals surface area contributed by atoms with E-state index in [1.807, 2.05) is 13.8 Å². The summed E-state index contributed by atoms with van der Waals surface area (Å²) < 4.78 is 29.4. The fourth-order valence-electron chi connectivity index (χ4n) is 2.87. The van der Waals surface area contributed by atoms with Gasteiger partial charge in [-0.2, -0.15) is 22.1 Å². The van der Waals surface area contributed by atoms with Crippen molar-refractivity contribution in [3.8, 4) is 0 Å². The van der Waals surface area contributed by atoms with E-state index < -0.39 is 10.2 Å². The molecule has 0 radical (unpaired) electrons. The molecular weight excluding hydrogens is 354 g/mol. The Bertz CT molecular complexity index is 706. The molecular formula is C14H24ClN5O3S. The van der Waals surface area contributed by atoms with Gasteiger partial charge in [0.15, 0.2) is 0 Å². The number of halogens is 1. The van der Waals surface area contributed by atoms with Crippen LogP contribution in [0.2, 0.25) is 5.15 Å². The Morgan fingerprint density at radius 1 is 1.21 bits per heavy atom. The SMILES string of the molecule is CCN(CC)S(=O)(=O)N1CCN(C(=O)c2c(C)nn(C)c2Cl)CC1. The smallest absolute Gasteiger partial charge is 0.282 e. The first kappa shape index (κ1) is 19.2. The molecule has 2 rings (SSSR count). The summed E-state index contributed by atoms with van der Waals surface area (Å²) in [6.45, 7) is 7.46. The van der Waals surface area contributed by atoms with E-state index in [0.717, 1.165) is 0 Å².